The maximum atomic E-state index is 11.7. The Morgan fingerprint density at radius 1 is 1.62 bits per heavy atom. The van der Waals surface area contributed by atoms with Gasteiger partial charge < -0.3 is 10.0 Å². The number of Topliss-reactive ketones (excluding diaryl/α,β-unsaturated/α-hetero) is 1. The van der Waals surface area contributed by atoms with Crippen LogP contribution in [0.25, 0.3) is 0 Å². The lowest BCUT2D eigenvalue weighted by molar-refractivity contribution is -0.128. The highest BCUT2D eigenvalue weighted by Crippen LogP contribution is 2.19. The minimum absolute atomic E-state index is 0.107. The average Bonchev–Trinajstić information content (AvgIpc) is 2.18. The highest BCUT2D eigenvalue weighted by atomic mass is 16.3. The van der Waals surface area contributed by atoms with Crippen LogP contribution in [0.1, 0.15) is 13.8 Å². The van der Waals surface area contributed by atoms with E-state index in [9.17, 15) is 14.7 Å². The van der Waals surface area contributed by atoms with Crippen molar-refractivity contribution in [3.8, 4) is 0 Å². The Bertz CT molecular complexity index is 371. The van der Waals surface area contributed by atoms with E-state index in [1.165, 1.54) is 18.0 Å². The highest BCUT2D eigenvalue weighted by Gasteiger charge is 2.29. The van der Waals surface area contributed by atoms with Crippen molar-refractivity contribution in [3.05, 3.63) is 24.2 Å². The molecule has 1 aliphatic heterocycles. The molecule has 1 unspecified atom stereocenters. The van der Waals surface area contributed by atoms with Gasteiger partial charge in [0.25, 0.3) is 5.91 Å². The molecular weight excluding hydrogens is 208 g/mol. The fourth-order valence-electron chi connectivity index (χ4n) is 1.46. The van der Waals surface area contributed by atoms with Crippen molar-refractivity contribution in [2.24, 2.45) is 0 Å². The first-order valence-corrected chi connectivity index (χ1v) is 4.99. The second-order valence-corrected chi connectivity index (χ2v) is 3.88. The number of aliphatic hydroxyl groups is 1. The SMILES string of the molecule is C=C1N(CC(C)O)C=C(C(C)=O)C(=O)N1C. The summed E-state index contributed by atoms with van der Waals surface area (Å²) < 4.78 is 0. The van der Waals surface area contributed by atoms with Crippen molar-refractivity contribution in [2.75, 3.05) is 13.6 Å². The lowest BCUT2D eigenvalue weighted by atomic mass is 10.1. The van der Waals surface area contributed by atoms with Crippen LogP contribution in [0, 0.1) is 0 Å². The lowest BCUT2D eigenvalue weighted by Crippen LogP contribution is -2.43. The first-order chi connectivity index (χ1) is 7.34. The summed E-state index contributed by atoms with van der Waals surface area (Å²) in [6.07, 6.45) is 0.877. The van der Waals surface area contributed by atoms with Crippen LogP contribution in [-0.4, -0.2) is 46.3 Å². The van der Waals surface area contributed by atoms with Gasteiger partial charge in [0.15, 0.2) is 5.78 Å². The first kappa shape index (κ1) is 12.4. The van der Waals surface area contributed by atoms with Gasteiger partial charge in [-0.15, -0.1) is 0 Å². The zero-order chi connectivity index (χ0) is 12.5. The van der Waals surface area contributed by atoms with E-state index in [2.05, 4.69) is 6.58 Å². The molecule has 0 aliphatic carbocycles. The number of rotatable bonds is 3. The van der Waals surface area contributed by atoms with Crippen LogP contribution >= 0.6 is 0 Å². The van der Waals surface area contributed by atoms with Gasteiger partial charge in [-0.1, -0.05) is 6.58 Å². The molecule has 0 aromatic carbocycles. The van der Waals surface area contributed by atoms with Crippen LogP contribution in [0.3, 0.4) is 0 Å². The number of nitrogens with zero attached hydrogens (tertiary/aromatic N) is 2. The van der Waals surface area contributed by atoms with Gasteiger partial charge in [-0.2, -0.15) is 0 Å². The maximum Gasteiger partial charge on any atom is 0.264 e. The van der Waals surface area contributed by atoms with Crippen molar-refractivity contribution in [2.45, 2.75) is 20.0 Å². The molecule has 5 heteroatoms. The van der Waals surface area contributed by atoms with Crippen LogP contribution < -0.4 is 0 Å². The largest absolute Gasteiger partial charge is 0.392 e. The van der Waals surface area contributed by atoms with E-state index < -0.39 is 6.10 Å². The molecule has 0 spiro atoms. The number of amides is 1. The van der Waals surface area contributed by atoms with Gasteiger partial charge >= 0.3 is 0 Å². The first-order valence-electron chi connectivity index (χ1n) is 4.99. The van der Waals surface area contributed by atoms with Crippen molar-refractivity contribution < 1.29 is 14.7 Å². The number of likely N-dealkylation sites (N-methyl/N-ethyl adjacent to an activating group) is 1. The molecule has 0 fully saturated rings. The number of hydrogen-bond donors (Lipinski definition) is 1. The summed E-state index contributed by atoms with van der Waals surface area (Å²) in [7, 11) is 1.55. The summed E-state index contributed by atoms with van der Waals surface area (Å²) in [6.45, 7) is 7.01. The third-order valence-electron chi connectivity index (χ3n) is 2.38. The van der Waals surface area contributed by atoms with E-state index >= 15 is 0 Å². The quantitative estimate of drug-likeness (QED) is 0.690. The normalized spacial score (nSPS) is 18.6. The van der Waals surface area contributed by atoms with Crippen LogP contribution in [0.2, 0.25) is 0 Å². The van der Waals surface area contributed by atoms with Gasteiger partial charge in [0.05, 0.1) is 11.7 Å². The van der Waals surface area contributed by atoms with E-state index in [0.717, 1.165) is 0 Å². The third kappa shape index (κ3) is 2.30. The van der Waals surface area contributed by atoms with E-state index in [0.29, 0.717) is 12.4 Å². The molecule has 0 saturated heterocycles. The van der Waals surface area contributed by atoms with Crippen LogP contribution in [0.5, 0.6) is 0 Å². The minimum atomic E-state index is -0.567. The number of carbonyl (C=O) groups is 2. The molecule has 1 amide bonds. The van der Waals surface area contributed by atoms with Gasteiger partial charge in [-0.25, -0.2) is 0 Å². The van der Waals surface area contributed by atoms with Crippen molar-refractivity contribution in [1.82, 2.24) is 9.80 Å². The Labute approximate surface area is 94.6 Å². The minimum Gasteiger partial charge on any atom is -0.392 e. The van der Waals surface area contributed by atoms with Crippen LogP contribution in [0.15, 0.2) is 24.2 Å². The molecule has 88 valence electrons. The monoisotopic (exact) mass is 224 g/mol. The van der Waals surface area contributed by atoms with Crippen LogP contribution in [-0.2, 0) is 9.59 Å². The summed E-state index contributed by atoms with van der Waals surface area (Å²) >= 11 is 0. The molecule has 0 saturated carbocycles. The molecule has 0 radical (unpaired) electrons. The molecule has 0 bridgehead atoms. The van der Waals surface area contributed by atoms with Crippen LogP contribution in [0.4, 0.5) is 0 Å². The second-order valence-electron chi connectivity index (χ2n) is 3.88. The highest BCUT2D eigenvalue weighted by molar-refractivity contribution is 6.19. The standard InChI is InChI=1S/C11H16N2O3/c1-7(14)5-13-6-10(8(2)15)11(16)12(4)9(13)3/h6-7,14H,3,5H2,1-2,4H3. The number of carbonyl (C=O) groups excluding carboxylic acids is 2. The summed E-state index contributed by atoms with van der Waals surface area (Å²) in [5, 5.41) is 9.30. The molecule has 1 heterocycles. The molecule has 0 aromatic rings. The molecule has 1 N–H and O–H groups in total. The van der Waals surface area contributed by atoms with Gasteiger partial charge in [-0.3, -0.25) is 14.5 Å². The predicted octanol–water partition coefficient (Wildman–Crippen LogP) is 0.0853. The van der Waals surface area contributed by atoms with Crippen molar-refractivity contribution in [3.63, 3.8) is 0 Å². The third-order valence-corrected chi connectivity index (χ3v) is 2.38. The Balaban J connectivity index is 3.05. The fraction of sp³-hybridized carbons (Fsp3) is 0.455. The summed E-state index contributed by atoms with van der Waals surface area (Å²) in [6, 6.07) is 0. The molecular formula is C11H16N2O3. The summed E-state index contributed by atoms with van der Waals surface area (Å²) in [4.78, 5) is 25.9. The van der Waals surface area contributed by atoms with E-state index in [-0.39, 0.29) is 17.3 Å². The van der Waals surface area contributed by atoms with Crippen molar-refractivity contribution >= 4 is 11.7 Å². The van der Waals surface area contributed by atoms with Gasteiger partial charge in [0.2, 0.25) is 0 Å². The molecule has 1 rings (SSSR count). The topological polar surface area (TPSA) is 60.9 Å². The molecule has 1 atom stereocenters. The second kappa shape index (κ2) is 4.49. The van der Waals surface area contributed by atoms with Gasteiger partial charge in [-0.05, 0) is 13.8 Å². The maximum absolute atomic E-state index is 11.7. The van der Waals surface area contributed by atoms with Gasteiger partial charge in [0, 0.05) is 19.8 Å². The smallest absolute Gasteiger partial charge is 0.264 e. The van der Waals surface area contributed by atoms with E-state index in [1.807, 2.05) is 0 Å². The van der Waals surface area contributed by atoms with E-state index in [1.54, 1.807) is 18.9 Å². The predicted molar refractivity (Wildman–Crippen MR) is 59.1 cm³/mol. The summed E-state index contributed by atoms with van der Waals surface area (Å²) in [5.41, 5.74) is 0.107. The number of hydrogen-bond acceptors (Lipinski definition) is 4. The van der Waals surface area contributed by atoms with Gasteiger partial charge in [0.1, 0.15) is 5.82 Å². The zero-order valence-electron chi connectivity index (χ0n) is 9.73. The fourth-order valence-corrected chi connectivity index (χ4v) is 1.46. The number of β-amino-alcohol motifs (C(OH)–C–C–N with tert-alkyl or cyclic N) is 1. The number of aliphatic hydroxyl groups excluding tert-OH is 1. The zero-order valence-corrected chi connectivity index (χ0v) is 9.73. The number of ketones is 1. The molecule has 16 heavy (non-hydrogen) atoms. The molecule has 0 aromatic heterocycles. The average molecular weight is 224 g/mol. The van der Waals surface area contributed by atoms with Crippen molar-refractivity contribution in [1.29, 1.82) is 0 Å². The lowest BCUT2D eigenvalue weighted by Gasteiger charge is -2.34. The van der Waals surface area contributed by atoms with E-state index in [4.69, 9.17) is 0 Å². The Morgan fingerprint density at radius 3 is 2.62 bits per heavy atom. The Hall–Kier alpha value is -1.62. The Morgan fingerprint density at radius 2 is 2.19 bits per heavy atom. The summed E-state index contributed by atoms with van der Waals surface area (Å²) in [5.74, 6) is -0.199. The Kier molecular flexibility index (Phi) is 3.49. The molecule has 5 nitrogen and oxygen atoms in total. The molecule has 1 aliphatic rings.